The Balaban J connectivity index is 0.00000147. The molecule has 0 atom stereocenters. The van der Waals surface area contributed by atoms with Gasteiger partial charge in [0.2, 0.25) is 5.91 Å². The highest BCUT2D eigenvalue weighted by molar-refractivity contribution is 7.10. The molecule has 3 heterocycles. The normalized spacial score (nSPS) is 20.4. The molecule has 2 aliphatic rings. The van der Waals surface area contributed by atoms with Gasteiger partial charge in [0, 0.05) is 37.1 Å². The van der Waals surface area contributed by atoms with Crippen molar-refractivity contribution in [2.45, 2.75) is 31.8 Å². The van der Waals surface area contributed by atoms with Crippen molar-refractivity contribution >= 4 is 29.7 Å². The molecule has 3 rings (SSSR count). The lowest BCUT2D eigenvalue weighted by Crippen LogP contribution is -2.46. The maximum absolute atomic E-state index is 12.3. The van der Waals surface area contributed by atoms with E-state index in [0.29, 0.717) is 12.6 Å². The standard InChI is InChI=1S/C14H21N3OS.ClH/c15-12-1-5-16(6-2-12)10-14(18)17-7-3-13-11(9-17)4-8-19-13;/h4,8,12H,1-3,5-7,9-10,15H2;1H. The molecule has 2 N–H and O–H groups in total. The molecule has 4 nitrogen and oxygen atoms in total. The van der Waals surface area contributed by atoms with E-state index in [2.05, 4.69) is 16.3 Å². The molecular weight excluding hydrogens is 294 g/mol. The van der Waals surface area contributed by atoms with Crippen LogP contribution in [0.5, 0.6) is 0 Å². The third kappa shape index (κ3) is 3.52. The molecule has 0 saturated carbocycles. The molecule has 0 unspecified atom stereocenters. The number of likely N-dealkylation sites (tertiary alicyclic amines) is 1. The maximum atomic E-state index is 12.3. The maximum Gasteiger partial charge on any atom is 0.237 e. The van der Waals surface area contributed by atoms with E-state index in [1.54, 1.807) is 0 Å². The molecule has 1 saturated heterocycles. The van der Waals surface area contributed by atoms with Gasteiger partial charge in [0.1, 0.15) is 0 Å². The molecule has 0 radical (unpaired) electrons. The molecule has 0 aliphatic carbocycles. The number of piperidine rings is 1. The summed E-state index contributed by atoms with van der Waals surface area (Å²) in [4.78, 5) is 18.0. The predicted molar refractivity (Wildman–Crippen MR) is 84.3 cm³/mol. The first-order chi connectivity index (χ1) is 9.22. The van der Waals surface area contributed by atoms with Crippen LogP contribution in [-0.4, -0.2) is 47.9 Å². The van der Waals surface area contributed by atoms with Crippen LogP contribution in [0.1, 0.15) is 23.3 Å². The topological polar surface area (TPSA) is 49.6 Å². The van der Waals surface area contributed by atoms with Crippen LogP contribution in [0.4, 0.5) is 0 Å². The minimum absolute atomic E-state index is 0. The smallest absolute Gasteiger partial charge is 0.237 e. The molecule has 1 aromatic rings. The predicted octanol–water partition coefficient (Wildman–Crippen LogP) is 1.48. The van der Waals surface area contributed by atoms with E-state index in [0.717, 1.165) is 45.4 Å². The second-order valence-corrected chi connectivity index (χ2v) is 6.55. The average Bonchev–Trinajstić information content (AvgIpc) is 2.88. The summed E-state index contributed by atoms with van der Waals surface area (Å²) < 4.78 is 0. The zero-order valence-corrected chi connectivity index (χ0v) is 13.2. The van der Waals surface area contributed by atoms with Gasteiger partial charge in [-0.25, -0.2) is 0 Å². The highest BCUT2D eigenvalue weighted by Gasteiger charge is 2.24. The molecule has 2 aliphatic heterocycles. The van der Waals surface area contributed by atoms with E-state index < -0.39 is 0 Å². The second kappa shape index (κ2) is 6.89. The first-order valence-corrected chi connectivity index (χ1v) is 7.91. The summed E-state index contributed by atoms with van der Waals surface area (Å²) in [7, 11) is 0. The van der Waals surface area contributed by atoms with E-state index in [1.165, 1.54) is 10.4 Å². The first-order valence-electron chi connectivity index (χ1n) is 7.03. The number of amides is 1. The van der Waals surface area contributed by atoms with Gasteiger partial charge in [-0.1, -0.05) is 0 Å². The summed E-state index contributed by atoms with van der Waals surface area (Å²) in [6.07, 6.45) is 3.05. The zero-order chi connectivity index (χ0) is 13.2. The molecule has 1 aromatic heterocycles. The van der Waals surface area contributed by atoms with Gasteiger partial charge < -0.3 is 10.6 Å². The number of fused-ring (bicyclic) bond motifs is 1. The fourth-order valence-electron chi connectivity index (χ4n) is 2.86. The fourth-order valence-corrected chi connectivity index (χ4v) is 3.75. The Hall–Kier alpha value is -0.620. The summed E-state index contributed by atoms with van der Waals surface area (Å²) in [6, 6.07) is 2.48. The summed E-state index contributed by atoms with van der Waals surface area (Å²) >= 11 is 1.81. The van der Waals surface area contributed by atoms with Gasteiger partial charge in [-0.3, -0.25) is 9.69 Å². The van der Waals surface area contributed by atoms with Crippen molar-refractivity contribution in [3.8, 4) is 0 Å². The first kappa shape index (κ1) is 15.8. The minimum atomic E-state index is 0. The van der Waals surface area contributed by atoms with Gasteiger partial charge >= 0.3 is 0 Å². The van der Waals surface area contributed by atoms with E-state index in [-0.39, 0.29) is 18.3 Å². The lowest BCUT2D eigenvalue weighted by molar-refractivity contribution is -0.133. The van der Waals surface area contributed by atoms with Crippen LogP contribution in [0.15, 0.2) is 11.4 Å². The van der Waals surface area contributed by atoms with Gasteiger partial charge in [0.15, 0.2) is 0 Å². The van der Waals surface area contributed by atoms with E-state index in [4.69, 9.17) is 5.73 Å². The largest absolute Gasteiger partial charge is 0.337 e. The van der Waals surface area contributed by atoms with Gasteiger partial charge in [-0.05, 0) is 36.3 Å². The average molecular weight is 316 g/mol. The number of nitrogens with zero attached hydrogens (tertiary/aromatic N) is 2. The van der Waals surface area contributed by atoms with Crippen molar-refractivity contribution in [2.24, 2.45) is 5.73 Å². The number of rotatable bonds is 2. The van der Waals surface area contributed by atoms with Crippen LogP contribution in [0, 0.1) is 0 Å². The molecule has 0 bridgehead atoms. The number of hydrogen-bond acceptors (Lipinski definition) is 4. The molecule has 0 spiro atoms. The Kier molecular flexibility index (Phi) is 5.43. The van der Waals surface area contributed by atoms with Crippen molar-refractivity contribution in [3.63, 3.8) is 0 Å². The Bertz CT molecular complexity index is 457. The van der Waals surface area contributed by atoms with Crippen LogP contribution < -0.4 is 5.73 Å². The number of hydrogen-bond donors (Lipinski definition) is 1. The molecule has 1 amide bonds. The van der Waals surface area contributed by atoms with Gasteiger partial charge in [-0.15, -0.1) is 23.7 Å². The molecular formula is C14H22ClN3OS. The number of halogens is 1. The molecule has 20 heavy (non-hydrogen) atoms. The number of carbonyl (C=O) groups excluding carboxylic acids is 1. The van der Waals surface area contributed by atoms with Crippen molar-refractivity contribution in [3.05, 3.63) is 21.9 Å². The summed E-state index contributed by atoms with van der Waals surface area (Å²) in [5.41, 5.74) is 7.23. The minimum Gasteiger partial charge on any atom is -0.337 e. The second-order valence-electron chi connectivity index (χ2n) is 5.55. The quantitative estimate of drug-likeness (QED) is 0.899. The van der Waals surface area contributed by atoms with Crippen LogP contribution in [-0.2, 0) is 17.8 Å². The van der Waals surface area contributed by atoms with Crippen molar-refractivity contribution in [1.29, 1.82) is 0 Å². The molecule has 6 heteroatoms. The van der Waals surface area contributed by atoms with Crippen LogP contribution >= 0.6 is 23.7 Å². The lowest BCUT2D eigenvalue weighted by Gasteiger charge is -2.33. The number of thiophene rings is 1. The zero-order valence-electron chi connectivity index (χ0n) is 11.6. The number of nitrogens with two attached hydrogens (primary N) is 1. The van der Waals surface area contributed by atoms with Crippen molar-refractivity contribution < 1.29 is 4.79 Å². The van der Waals surface area contributed by atoms with Gasteiger partial charge in [-0.2, -0.15) is 0 Å². The van der Waals surface area contributed by atoms with Gasteiger partial charge in [0.05, 0.1) is 6.54 Å². The Morgan fingerprint density at radius 1 is 1.35 bits per heavy atom. The SMILES string of the molecule is Cl.NC1CCN(CC(=O)N2CCc3sccc3C2)CC1. The molecule has 1 fully saturated rings. The highest BCUT2D eigenvalue weighted by Crippen LogP contribution is 2.24. The Morgan fingerprint density at radius 3 is 2.85 bits per heavy atom. The van der Waals surface area contributed by atoms with Crippen molar-refractivity contribution in [2.75, 3.05) is 26.2 Å². The van der Waals surface area contributed by atoms with E-state index >= 15 is 0 Å². The van der Waals surface area contributed by atoms with E-state index in [9.17, 15) is 4.79 Å². The third-order valence-corrected chi connectivity index (χ3v) is 5.17. The summed E-state index contributed by atoms with van der Waals surface area (Å²) in [5, 5.41) is 2.13. The molecule has 0 aromatic carbocycles. The molecule has 112 valence electrons. The fraction of sp³-hybridized carbons (Fsp3) is 0.643. The monoisotopic (exact) mass is 315 g/mol. The lowest BCUT2D eigenvalue weighted by atomic mass is 10.1. The number of carbonyl (C=O) groups is 1. The third-order valence-electron chi connectivity index (χ3n) is 4.15. The van der Waals surface area contributed by atoms with Crippen LogP contribution in [0.3, 0.4) is 0 Å². The summed E-state index contributed by atoms with van der Waals surface area (Å²) in [5.74, 6) is 0.271. The Labute approximate surface area is 130 Å². The van der Waals surface area contributed by atoms with Crippen LogP contribution in [0.2, 0.25) is 0 Å². The van der Waals surface area contributed by atoms with Crippen molar-refractivity contribution in [1.82, 2.24) is 9.80 Å². The highest BCUT2D eigenvalue weighted by atomic mass is 35.5. The Morgan fingerprint density at radius 2 is 2.10 bits per heavy atom. The van der Waals surface area contributed by atoms with E-state index in [1.807, 2.05) is 16.2 Å². The van der Waals surface area contributed by atoms with Crippen LogP contribution in [0.25, 0.3) is 0 Å². The van der Waals surface area contributed by atoms with Gasteiger partial charge in [0.25, 0.3) is 0 Å². The summed E-state index contributed by atoms with van der Waals surface area (Å²) in [6.45, 7) is 4.16.